The van der Waals surface area contributed by atoms with Crippen molar-refractivity contribution in [1.82, 2.24) is 5.32 Å². The smallest absolute Gasteiger partial charge is 0.405 e. The van der Waals surface area contributed by atoms with E-state index in [0.717, 1.165) is 11.1 Å². The number of amides is 1. The zero-order valence-corrected chi connectivity index (χ0v) is 10.6. The lowest BCUT2D eigenvalue weighted by Gasteiger charge is -2.17. The van der Waals surface area contributed by atoms with Crippen molar-refractivity contribution < 1.29 is 14.5 Å². The number of carbonyl (C=O) groups is 1. The van der Waals surface area contributed by atoms with Crippen molar-refractivity contribution in [3.05, 3.63) is 29.3 Å². The van der Waals surface area contributed by atoms with E-state index in [-0.39, 0.29) is 6.04 Å². The minimum Gasteiger partial charge on any atom is -0.616 e. The minimum atomic E-state index is -1.09. The van der Waals surface area contributed by atoms with Gasteiger partial charge in [-0.3, -0.25) is 0 Å². The van der Waals surface area contributed by atoms with Crippen LogP contribution in [0.1, 0.15) is 24.1 Å². The highest BCUT2D eigenvalue weighted by molar-refractivity contribution is 7.89. The molecule has 0 spiro atoms. The van der Waals surface area contributed by atoms with E-state index in [0.29, 0.717) is 11.4 Å². The lowest BCUT2D eigenvalue weighted by Crippen LogP contribution is -2.25. The number of anilines is 1. The summed E-state index contributed by atoms with van der Waals surface area (Å²) in [6, 6.07) is 4.85. The number of benzene rings is 1. The molecule has 0 saturated carbocycles. The number of nitrogens with one attached hydrogen (secondary N) is 1. The van der Waals surface area contributed by atoms with Gasteiger partial charge in [-0.2, -0.15) is 0 Å². The summed E-state index contributed by atoms with van der Waals surface area (Å²) in [4.78, 5) is 10.6. The molecule has 5 nitrogen and oxygen atoms in total. The van der Waals surface area contributed by atoms with E-state index in [9.17, 15) is 9.35 Å². The Morgan fingerprint density at radius 2 is 2.29 bits per heavy atom. The van der Waals surface area contributed by atoms with E-state index >= 15 is 0 Å². The lowest BCUT2D eigenvalue weighted by atomic mass is 10.0. The summed E-state index contributed by atoms with van der Waals surface area (Å²) < 4.78 is 11.3. The normalized spacial score (nSPS) is 14.1. The molecule has 2 atom stereocenters. The maximum Gasteiger partial charge on any atom is 0.405 e. The molecule has 0 radical (unpaired) electrons. The maximum atomic E-state index is 11.3. The second kappa shape index (κ2) is 5.79. The third-order valence-corrected chi connectivity index (χ3v) is 3.05. The Bertz CT molecular complexity index is 410. The van der Waals surface area contributed by atoms with Gasteiger partial charge in [0.15, 0.2) is 0 Å². The van der Waals surface area contributed by atoms with Gasteiger partial charge < -0.3 is 20.7 Å². The number of hydrogen-bond acceptors (Lipinski definition) is 3. The van der Waals surface area contributed by atoms with Crippen LogP contribution in [0.5, 0.6) is 0 Å². The summed E-state index contributed by atoms with van der Waals surface area (Å²) in [5, 5.41) is 11.0. The molecule has 4 N–H and O–H groups in total. The second-order valence-corrected chi connectivity index (χ2v) is 5.28. The van der Waals surface area contributed by atoms with Crippen LogP contribution in [-0.2, 0) is 16.9 Å². The Morgan fingerprint density at radius 1 is 1.65 bits per heavy atom. The zero-order valence-electron chi connectivity index (χ0n) is 9.77. The van der Waals surface area contributed by atoms with Gasteiger partial charge in [-0.15, -0.1) is 0 Å². The van der Waals surface area contributed by atoms with E-state index in [1.807, 2.05) is 0 Å². The van der Waals surface area contributed by atoms with Gasteiger partial charge in [0.25, 0.3) is 0 Å². The highest BCUT2D eigenvalue weighted by atomic mass is 32.2. The first-order valence-corrected chi connectivity index (χ1v) is 6.80. The van der Waals surface area contributed by atoms with E-state index in [4.69, 9.17) is 10.8 Å². The van der Waals surface area contributed by atoms with Crippen LogP contribution in [0.4, 0.5) is 10.5 Å². The second-order valence-electron chi connectivity index (χ2n) is 3.85. The molecule has 94 valence electrons. The summed E-state index contributed by atoms with van der Waals surface area (Å²) in [7, 11) is 0. The lowest BCUT2D eigenvalue weighted by molar-refractivity contribution is 0.191. The monoisotopic (exact) mass is 256 g/mol. The van der Waals surface area contributed by atoms with Gasteiger partial charge in [-0.05, 0) is 24.6 Å². The first-order valence-electron chi connectivity index (χ1n) is 5.08. The summed E-state index contributed by atoms with van der Waals surface area (Å²) >= 11 is -0.995. The number of hydrogen-bond donors (Lipinski definition) is 3. The number of nitrogens with two attached hydrogens (primary N) is 1. The summed E-state index contributed by atoms with van der Waals surface area (Å²) in [5.74, 6) is 0.367. The molecule has 1 unspecified atom stereocenters. The van der Waals surface area contributed by atoms with Gasteiger partial charge in [0.2, 0.25) is 0 Å². The minimum absolute atomic E-state index is 0.355. The van der Waals surface area contributed by atoms with E-state index < -0.39 is 17.3 Å². The van der Waals surface area contributed by atoms with Crippen LogP contribution in [0.25, 0.3) is 0 Å². The Morgan fingerprint density at radius 3 is 2.82 bits per heavy atom. The molecule has 0 saturated heterocycles. The molecule has 1 aromatic rings. The standard InChI is InChI=1S/C11H16N2O3S/c1-7(13-11(14)15)10-4-3-9(12)5-8(10)6-17(2)16/h3-5,7,13H,6,12H2,1-2H3,(H,14,15)/t7-,17?/m0/s1. The quantitative estimate of drug-likeness (QED) is 0.561. The molecule has 0 aliphatic carbocycles. The fraction of sp³-hybridized carbons (Fsp3) is 0.364. The molecule has 17 heavy (non-hydrogen) atoms. The first-order chi connectivity index (χ1) is 7.90. The molecule has 1 rings (SSSR count). The van der Waals surface area contributed by atoms with Gasteiger partial charge in [-0.1, -0.05) is 17.2 Å². The third-order valence-electron chi connectivity index (χ3n) is 2.33. The van der Waals surface area contributed by atoms with Crippen LogP contribution < -0.4 is 11.1 Å². The van der Waals surface area contributed by atoms with E-state index in [2.05, 4.69) is 5.32 Å². The predicted octanol–water partition coefficient (Wildman–Crippen LogP) is 1.48. The average Bonchev–Trinajstić information content (AvgIpc) is 2.15. The molecule has 0 heterocycles. The Labute approximate surface area is 103 Å². The largest absolute Gasteiger partial charge is 0.616 e. The van der Waals surface area contributed by atoms with Crippen molar-refractivity contribution in [3.8, 4) is 0 Å². The van der Waals surface area contributed by atoms with Crippen molar-refractivity contribution in [3.63, 3.8) is 0 Å². The van der Waals surface area contributed by atoms with Gasteiger partial charge in [0.05, 0.1) is 12.3 Å². The van der Waals surface area contributed by atoms with Crippen molar-refractivity contribution in [2.45, 2.75) is 18.7 Å². The fourth-order valence-corrected chi connectivity index (χ4v) is 2.34. The Balaban J connectivity index is 3.00. The average molecular weight is 256 g/mol. The molecule has 6 heteroatoms. The van der Waals surface area contributed by atoms with E-state index in [1.165, 1.54) is 0 Å². The summed E-state index contributed by atoms with van der Waals surface area (Å²) in [5.41, 5.74) is 7.86. The van der Waals surface area contributed by atoms with Crippen LogP contribution in [0, 0.1) is 0 Å². The Hall–Kier alpha value is -1.40. The van der Waals surface area contributed by atoms with Crippen molar-refractivity contribution >= 4 is 23.0 Å². The number of rotatable bonds is 4. The topological polar surface area (TPSA) is 98.4 Å². The van der Waals surface area contributed by atoms with Crippen LogP contribution in [0.2, 0.25) is 0 Å². The van der Waals surface area contributed by atoms with Crippen LogP contribution in [0.3, 0.4) is 0 Å². The van der Waals surface area contributed by atoms with Gasteiger partial charge in [0, 0.05) is 11.3 Å². The molecule has 0 aromatic heterocycles. The van der Waals surface area contributed by atoms with Crippen LogP contribution >= 0.6 is 0 Å². The molecule has 0 aliphatic rings. The number of carboxylic acid groups (broad SMARTS) is 1. The van der Waals surface area contributed by atoms with E-state index in [1.54, 1.807) is 31.4 Å². The molecular weight excluding hydrogens is 240 g/mol. The highest BCUT2D eigenvalue weighted by Gasteiger charge is 2.15. The molecule has 0 fully saturated rings. The third kappa shape index (κ3) is 4.16. The van der Waals surface area contributed by atoms with Crippen molar-refractivity contribution in [1.29, 1.82) is 0 Å². The molecule has 1 amide bonds. The first kappa shape index (κ1) is 13.7. The SMILES string of the molecule is C[C@H](NC(=O)O)c1ccc(N)cc1C[S+](C)[O-]. The molecule has 1 aromatic carbocycles. The Kier molecular flexibility index (Phi) is 4.65. The van der Waals surface area contributed by atoms with Crippen LogP contribution in [0.15, 0.2) is 18.2 Å². The predicted molar refractivity (Wildman–Crippen MR) is 68.2 cm³/mol. The zero-order chi connectivity index (χ0) is 13.0. The summed E-state index contributed by atoms with van der Waals surface area (Å²) in [6.45, 7) is 1.74. The molecular formula is C11H16N2O3S. The molecule has 0 bridgehead atoms. The van der Waals surface area contributed by atoms with Crippen LogP contribution in [-0.4, -0.2) is 22.0 Å². The fourth-order valence-electron chi connectivity index (χ4n) is 1.66. The van der Waals surface area contributed by atoms with Gasteiger partial charge in [0.1, 0.15) is 5.75 Å². The van der Waals surface area contributed by atoms with Crippen molar-refractivity contribution in [2.75, 3.05) is 12.0 Å². The summed E-state index contributed by atoms with van der Waals surface area (Å²) in [6.07, 6.45) is 0.514. The van der Waals surface area contributed by atoms with Gasteiger partial charge in [-0.25, -0.2) is 4.79 Å². The highest BCUT2D eigenvalue weighted by Crippen LogP contribution is 2.22. The number of nitrogen functional groups attached to an aromatic ring is 1. The molecule has 0 aliphatic heterocycles. The van der Waals surface area contributed by atoms with Crippen molar-refractivity contribution in [2.24, 2.45) is 0 Å². The van der Waals surface area contributed by atoms with Gasteiger partial charge >= 0.3 is 6.09 Å². The maximum absolute atomic E-state index is 11.3.